The summed E-state index contributed by atoms with van der Waals surface area (Å²) in [4.78, 5) is 25.3. The van der Waals surface area contributed by atoms with Crippen molar-refractivity contribution in [2.75, 3.05) is 13.7 Å². The fourth-order valence-electron chi connectivity index (χ4n) is 2.37. The summed E-state index contributed by atoms with van der Waals surface area (Å²) in [5.74, 6) is -2.80. The molecule has 1 heterocycles. The first kappa shape index (κ1) is 14.4. The molecule has 1 saturated heterocycles. The number of rotatable bonds is 2. The summed E-state index contributed by atoms with van der Waals surface area (Å²) in [5, 5.41) is 0. The molecule has 0 aliphatic carbocycles. The van der Waals surface area contributed by atoms with Gasteiger partial charge < -0.3 is 9.64 Å². The van der Waals surface area contributed by atoms with Crippen molar-refractivity contribution in [3.63, 3.8) is 0 Å². The van der Waals surface area contributed by atoms with E-state index >= 15 is 0 Å². The van der Waals surface area contributed by atoms with Gasteiger partial charge in [-0.1, -0.05) is 0 Å². The highest BCUT2D eigenvalue weighted by molar-refractivity contribution is 5.97. The average molecular weight is 283 g/mol. The molecule has 1 aliphatic rings. The van der Waals surface area contributed by atoms with Crippen LogP contribution in [-0.4, -0.2) is 36.5 Å². The fourth-order valence-corrected chi connectivity index (χ4v) is 2.37. The molecule has 0 spiro atoms. The number of ether oxygens (including phenoxy) is 1. The number of amides is 1. The Morgan fingerprint density at radius 1 is 1.30 bits per heavy atom. The molecule has 1 atom stereocenters. The average Bonchev–Trinajstić information content (AvgIpc) is 2.46. The molecular weight excluding hydrogens is 268 g/mol. The number of carbonyl (C=O) groups excluding carboxylic acids is 2. The largest absolute Gasteiger partial charge is 0.467 e. The van der Waals surface area contributed by atoms with E-state index in [9.17, 15) is 18.4 Å². The number of hydrogen-bond acceptors (Lipinski definition) is 3. The van der Waals surface area contributed by atoms with Gasteiger partial charge in [0.25, 0.3) is 5.91 Å². The van der Waals surface area contributed by atoms with E-state index in [4.69, 9.17) is 0 Å². The van der Waals surface area contributed by atoms with Gasteiger partial charge in [0.05, 0.1) is 12.7 Å². The lowest BCUT2D eigenvalue weighted by atomic mass is 10.0. The van der Waals surface area contributed by atoms with E-state index in [2.05, 4.69) is 4.74 Å². The monoisotopic (exact) mass is 283 g/mol. The highest BCUT2D eigenvalue weighted by Crippen LogP contribution is 2.22. The summed E-state index contributed by atoms with van der Waals surface area (Å²) in [6.45, 7) is 0.357. The lowest BCUT2D eigenvalue weighted by molar-refractivity contribution is -0.147. The molecule has 1 aromatic carbocycles. The van der Waals surface area contributed by atoms with Gasteiger partial charge in [0, 0.05) is 12.6 Å². The minimum atomic E-state index is -0.927. The van der Waals surface area contributed by atoms with E-state index in [1.807, 2.05) is 0 Å². The lowest BCUT2D eigenvalue weighted by Gasteiger charge is -2.33. The van der Waals surface area contributed by atoms with Gasteiger partial charge in [-0.15, -0.1) is 0 Å². The number of likely N-dealkylation sites (tertiary alicyclic amines) is 1. The number of halogens is 2. The Bertz CT molecular complexity index is 533. The molecule has 0 aromatic heterocycles. The zero-order chi connectivity index (χ0) is 14.7. The molecule has 0 saturated carbocycles. The van der Waals surface area contributed by atoms with Gasteiger partial charge in [-0.2, -0.15) is 0 Å². The highest BCUT2D eigenvalue weighted by Gasteiger charge is 2.34. The Morgan fingerprint density at radius 3 is 2.70 bits per heavy atom. The van der Waals surface area contributed by atoms with Crippen LogP contribution >= 0.6 is 0 Å². The quantitative estimate of drug-likeness (QED) is 0.781. The molecular formula is C14H15F2NO3. The second kappa shape index (κ2) is 5.98. The fraction of sp³-hybridized carbons (Fsp3) is 0.429. The maximum absolute atomic E-state index is 13.7. The van der Waals surface area contributed by atoms with Crippen LogP contribution in [-0.2, 0) is 9.53 Å². The van der Waals surface area contributed by atoms with E-state index in [-0.39, 0.29) is 5.56 Å². The molecule has 4 nitrogen and oxygen atoms in total. The van der Waals surface area contributed by atoms with Gasteiger partial charge in [0.15, 0.2) is 0 Å². The summed E-state index contributed by atoms with van der Waals surface area (Å²) < 4.78 is 31.2. The molecule has 0 bridgehead atoms. The van der Waals surface area contributed by atoms with Gasteiger partial charge >= 0.3 is 5.97 Å². The Balaban J connectivity index is 2.27. The smallest absolute Gasteiger partial charge is 0.328 e. The van der Waals surface area contributed by atoms with Crippen LogP contribution in [0.15, 0.2) is 18.2 Å². The summed E-state index contributed by atoms with van der Waals surface area (Å²) in [7, 11) is 1.25. The topological polar surface area (TPSA) is 46.6 Å². The number of methoxy groups -OCH3 is 1. The van der Waals surface area contributed by atoms with Crippen molar-refractivity contribution in [2.24, 2.45) is 0 Å². The number of carbonyl (C=O) groups is 2. The number of nitrogens with zero attached hydrogens (tertiary/aromatic N) is 1. The van der Waals surface area contributed by atoms with Gasteiger partial charge in [0.1, 0.15) is 17.7 Å². The van der Waals surface area contributed by atoms with Crippen LogP contribution in [0.3, 0.4) is 0 Å². The zero-order valence-electron chi connectivity index (χ0n) is 11.1. The number of esters is 1. The van der Waals surface area contributed by atoms with Crippen molar-refractivity contribution in [1.82, 2.24) is 4.90 Å². The van der Waals surface area contributed by atoms with Crippen molar-refractivity contribution in [2.45, 2.75) is 25.3 Å². The molecule has 1 aromatic rings. The van der Waals surface area contributed by atoms with Crippen LogP contribution in [0.1, 0.15) is 29.6 Å². The van der Waals surface area contributed by atoms with Crippen LogP contribution in [0.4, 0.5) is 8.78 Å². The van der Waals surface area contributed by atoms with E-state index in [1.54, 1.807) is 0 Å². The first-order chi connectivity index (χ1) is 9.54. The van der Waals surface area contributed by atoms with E-state index in [1.165, 1.54) is 12.0 Å². The van der Waals surface area contributed by atoms with E-state index in [0.29, 0.717) is 19.0 Å². The van der Waals surface area contributed by atoms with Gasteiger partial charge in [-0.3, -0.25) is 4.79 Å². The van der Waals surface area contributed by atoms with Gasteiger partial charge in [-0.05, 0) is 31.4 Å². The number of piperidine rings is 1. The van der Waals surface area contributed by atoms with Crippen LogP contribution in [0.2, 0.25) is 0 Å². The number of hydrogen-bond donors (Lipinski definition) is 0. The summed E-state index contributed by atoms with van der Waals surface area (Å²) in [5.41, 5.74) is -0.234. The molecule has 0 N–H and O–H groups in total. The van der Waals surface area contributed by atoms with Crippen LogP contribution in [0.5, 0.6) is 0 Å². The second-order valence-electron chi connectivity index (χ2n) is 4.66. The summed E-state index contributed by atoms with van der Waals surface area (Å²) >= 11 is 0. The molecule has 20 heavy (non-hydrogen) atoms. The van der Waals surface area contributed by atoms with Crippen LogP contribution in [0, 0.1) is 11.6 Å². The third-order valence-corrected chi connectivity index (χ3v) is 3.40. The highest BCUT2D eigenvalue weighted by atomic mass is 19.1. The SMILES string of the molecule is COC(=O)C1CCCCN1C(=O)c1ccc(F)cc1F. The van der Waals surface area contributed by atoms with E-state index < -0.39 is 29.6 Å². The molecule has 1 amide bonds. The van der Waals surface area contributed by atoms with Crippen molar-refractivity contribution in [3.8, 4) is 0 Å². The normalized spacial score (nSPS) is 18.8. The Labute approximate surface area is 115 Å². The van der Waals surface area contributed by atoms with Gasteiger partial charge in [0.2, 0.25) is 0 Å². The van der Waals surface area contributed by atoms with Gasteiger partial charge in [-0.25, -0.2) is 13.6 Å². The maximum Gasteiger partial charge on any atom is 0.328 e. The maximum atomic E-state index is 13.7. The molecule has 0 radical (unpaired) electrons. The van der Waals surface area contributed by atoms with Crippen molar-refractivity contribution in [3.05, 3.63) is 35.4 Å². The van der Waals surface area contributed by atoms with Crippen molar-refractivity contribution >= 4 is 11.9 Å². The molecule has 1 fully saturated rings. The minimum absolute atomic E-state index is 0.234. The first-order valence-electron chi connectivity index (χ1n) is 6.38. The first-order valence-corrected chi connectivity index (χ1v) is 6.38. The predicted octanol–water partition coefficient (Wildman–Crippen LogP) is 2.13. The molecule has 6 heteroatoms. The predicted molar refractivity (Wildman–Crippen MR) is 67.0 cm³/mol. The van der Waals surface area contributed by atoms with Crippen LogP contribution in [0.25, 0.3) is 0 Å². The van der Waals surface area contributed by atoms with Crippen molar-refractivity contribution in [1.29, 1.82) is 0 Å². The second-order valence-corrected chi connectivity index (χ2v) is 4.66. The Hall–Kier alpha value is -1.98. The van der Waals surface area contributed by atoms with Crippen LogP contribution < -0.4 is 0 Å². The molecule has 108 valence electrons. The summed E-state index contributed by atoms with van der Waals surface area (Å²) in [6, 6.07) is 2.07. The molecule has 1 unspecified atom stereocenters. The molecule has 2 rings (SSSR count). The van der Waals surface area contributed by atoms with Crippen molar-refractivity contribution < 1.29 is 23.1 Å². The lowest BCUT2D eigenvalue weighted by Crippen LogP contribution is -2.48. The standard InChI is InChI=1S/C14H15F2NO3/c1-20-14(19)12-4-2-3-7-17(12)13(18)10-6-5-9(15)8-11(10)16/h5-6,8,12H,2-4,7H2,1H3. The Morgan fingerprint density at radius 2 is 2.05 bits per heavy atom. The third-order valence-electron chi connectivity index (χ3n) is 3.40. The summed E-state index contributed by atoms with van der Waals surface area (Å²) in [6.07, 6.45) is 2.03. The zero-order valence-corrected chi connectivity index (χ0v) is 11.1. The minimum Gasteiger partial charge on any atom is -0.467 e. The number of benzene rings is 1. The third kappa shape index (κ3) is 2.79. The molecule has 1 aliphatic heterocycles. The van der Waals surface area contributed by atoms with E-state index in [0.717, 1.165) is 25.0 Å². The Kier molecular flexibility index (Phi) is 4.32.